The molecule has 0 saturated carbocycles. The highest BCUT2D eigenvalue weighted by atomic mass is 14.9. The van der Waals surface area contributed by atoms with Gasteiger partial charge in [-0.2, -0.15) is 0 Å². The zero-order chi connectivity index (χ0) is 18.8. The van der Waals surface area contributed by atoms with E-state index in [1.165, 1.54) is 16.3 Å². The molecule has 2 aromatic carbocycles. The van der Waals surface area contributed by atoms with Gasteiger partial charge < -0.3 is 9.97 Å². The Labute approximate surface area is 162 Å². The van der Waals surface area contributed by atoms with Crippen molar-refractivity contribution >= 4 is 70.4 Å². The number of nitrogens with one attached hydrogen (secondary N) is 2. The van der Waals surface area contributed by atoms with E-state index in [9.17, 15) is 0 Å². The summed E-state index contributed by atoms with van der Waals surface area (Å²) in [5.41, 5.74) is 8.41. The van der Waals surface area contributed by atoms with E-state index in [0.717, 1.165) is 49.7 Å². The standard InChI is InChI=1S/C21H15B2N5/c22-10-7-13-14(9-26-16(13)15(23)8-10)21-27-19-11-3-1-5-24-17(11)18-12(20(19)28-21)4-2-6-25-18/h1-9,26H,22-23H2,(H,27,28). The summed E-state index contributed by atoms with van der Waals surface area (Å²) in [4.78, 5) is 21.2. The Morgan fingerprint density at radius 1 is 0.786 bits per heavy atom. The van der Waals surface area contributed by atoms with Gasteiger partial charge in [-0.25, -0.2) is 4.98 Å². The third-order valence-corrected chi connectivity index (χ3v) is 5.45. The molecule has 130 valence electrons. The zero-order valence-electron chi connectivity index (χ0n) is 15.5. The molecule has 0 atom stereocenters. The van der Waals surface area contributed by atoms with E-state index >= 15 is 0 Å². The lowest BCUT2D eigenvalue weighted by molar-refractivity contribution is 1.34. The number of hydrogen-bond acceptors (Lipinski definition) is 3. The molecule has 2 N–H and O–H groups in total. The molecule has 28 heavy (non-hydrogen) atoms. The predicted molar refractivity (Wildman–Crippen MR) is 120 cm³/mol. The van der Waals surface area contributed by atoms with Crippen molar-refractivity contribution in [3.63, 3.8) is 0 Å². The van der Waals surface area contributed by atoms with Gasteiger partial charge in [-0.3, -0.25) is 9.97 Å². The molecule has 4 heterocycles. The van der Waals surface area contributed by atoms with Gasteiger partial charge in [0.2, 0.25) is 0 Å². The van der Waals surface area contributed by atoms with Gasteiger partial charge in [-0.1, -0.05) is 23.1 Å². The van der Waals surface area contributed by atoms with E-state index in [1.807, 2.05) is 24.5 Å². The molecule has 0 spiro atoms. The average molecular weight is 359 g/mol. The van der Waals surface area contributed by atoms with Crippen molar-refractivity contribution in [1.29, 1.82) is 0 Å². The molecule has 0 bridgehead atoms. The molecular formula is C21H15B2N5. The maximum Gasteiger partial charge on any atom is 0.142 e. The first-order valence-electron chi connectivity index (χ1n) is 9.30. The number of hydrogen-bond donors (Lipinski definition) is 2. The number of aromatic nitrogens is 5. The molecule has 6 aromatic rings. The van der Waals surface area contributed by atoms with Gasteiger partial charge in [0.15, 0.2) is 0 Å². The van der Waals surface area contributed by atoms with E-state index in [-0.39, 0.29) is 0 Å². The van der Waals surface area contributed by atoms with E-state index < -0.39 is 0 Å². The Kier molecular flexibility index (Phi) is 3.01. The highest BCUT2D eigenvalue weighted by molar-refractivity contribution is 6.43. The molecule has 0 radical (unpaired) electrons. The summed E-state index contributed by atoms with van der Waals surface area (Å²) < 4.78 is 0. The Hall–Kier alpha value is -3.60. The van der Waals surface area contributed by atoms with Gasteiger partial charge in [0.1, 0.15) is 21.5 Å². The van der Waals surface area contributed by atoms with Crippen molar-refractivity contribution in [3.05, 3.63) is 55.0 Å². The van der Waals surface area contributed by atoms with Gasteiger partial charge in [-0.15, -0.1) is 0 Å². The van der Waals surface area contributed by atoms with Crippen LogP contribution in [0.1, 0.15) is 0 Å². The largest absolute Gasteiger partial charge is 0.361 e. The highest BCUT2D eigenvalue weighted by Crippen LogP contribution is 2.34. The Morgan fingerprint density at radius 3 is 2.36 bits per heavy atom. The maximum atomic E-state index is 5.00. The van der Waals surface area contributed by atoms with Crippen LogP contribution in [-0.4, -0.2) is 40.6 Å². The first-order chi connectivity index (χ1) is 13.7. The number of benzene rings is 2. The summed E-state index contributed by atoms with van der Waals surface area (Å²) in [5, 5.41) is 3.23. The minimum Gasteiger partial charge on any atom is -0.361 e. The summed E-state index contributed by atoms with van der Waals surface area (Å²) in [6.07, 6.45) is 5.65. The SMILES string of the molecule is Bc1cc(B)c2[nH]cc(-c3nc4c5cccnc5c5ncccc5c4[nH]3)c2c1. The lowest BCUT2D eigenvalue weighted by Crippen LogP contribution is -2.13. The third kappa shape index (κ3) is 2.01. The number of imidazole rings is 1. The molecular weight excluding hydrogens is 344 g/mol. The molecule has 0 fully saturated rings. The predicted octanol–water partition coefficient (Wildman–Crippen LogP) is 1.32. The molecule has 5 nitrogen and oxygen atoms in total. The van der Waals surface area contributed by atoms with E-state index in [2.05, 4.69) is 59.9 Å². The first kappa shape index (κ1) is 15.5. The smallest absolute Gasteiger partial charge is 0.142 e. The summed E-state index contributed by atoms with van der Waals surface area (Å²) in [7, 11) is 4.26. The van der Waals surface area contributed by atoms with Crippen LogP contribution in [0.4, 0.5) is 0 Å². The molecule has 7 heteroatoms. The van der Waals surface area contributed by atoms with Crippen molar-refractivity contribution < 1.29 is 0 Å². The lowest BCUT2D eigenvalue weighted by Gasteiger charge is -2.03. The third-order valence-electron chi connectivity index (χ3n) is 5.45. The highest BCUT2D eigenvalue weighted by Gasteiger charge is 2.17. The van der Waals surface area contributed by atoms with Crippen LogP contribution in [0.2, 0.25) is 0 Å². The number of fused-ring (bicyclic) bond motifs is 7. The van der Waals surface area contributed by atoms with Crippen LogP contribution in [0.25, 0.3) is 55.1 Å². The van der Waals surface area contributed by atoms with Gasteiger partial charge in [0.05, 0.1) is 22.1 Å². The van der Waals surface area contributed by atoms with Gasteiger partial charge in [0, 0.05) is 45.8 Å². The molecule has 0 amide bonds. The van der Waals surface area contributed by atoms with Crippen molar-refractivity contribution in [2.75, 3.05) is 0 Å². The monoisotopic (exact) mass is 359 g/mol. The Balaban J connectivity index is 1.75. The molecule has 0 unspecified atom stereocenters. The van der Waals surface area contributed by atoms with Crippen LogP contribution in [0, 0.1) is 0 Å². The topological polar surface area (TPSA) is 70.2 Å². The second kappa shape index (κ2) is 5.45. The number of H-pyrrole nitrogens is 2. The zero-order valence-corrected chi connectivity index (χ0v) is 15.5. The summed E-state index contributed by atoms with van der Waals surface area (Å²) in [5.74, 6) is 0.854. The van der Waals surface area contributed by atoms with Crippen LogP contribution in [0.5, 0.6) is 0 Å². The molecule has 0 saturated heterocycles. The summed E-state index contributed by atoms with van der Waals surface area (Å²) in [6, 6.07) is 12.4. The Morgan fingerprint density at radius 2 is 1.54 bits per heavy atom. The second-order valence-electron chi connectivity index (χ2n) is 7.31. The normalized spacial score (nSPS) is 11.9. The van der Waals surface area contributed by atoms with E-state index in [1.54, 1.807) is 6.20 Å². The maximum absolute atomic E-state index is 5.00. The quantitative estimate of drug-likeness (QED) is 0.344. The second-order valence-corrected chi connectivity index (χ2v) is 7.31. The summed E-state index contributed by atoms with van der Waals surface area (Å²) >= 11 is 0. The van der Waals surface area contributed by atoms with Gasteiger partial charge in [0.25, 0.3) is 0 Å². The molecule has 0 aliphatic rings. The van der Waals surface area contributed by atoms with E-state index in [4.69, 9.17) is 4.98 Å². The summed E-state index contributed by atoms with van der Waals surface area (Å²) in [6.45, 7) is 0. The van der Waals surface area contributed by atoms with Crippen molar-refractivity contribution in [1.82, 2.24) is 24.9 Å². The Bertz CT molecular complexity index is 1470. The molecule has 6 rings (SSSR count). The molecule has 0 aliphatic heterocycles. The van der Waals surface area contributed by atoms with Crippen LogP contribution < -0.4 is 10.9 Å². The van der Waals surface area contributed by atoms with Crippen molar-refractivity contribution in [2.45, 2.75) is 0 Å². The van der Waals surface area contributed by atoms with Crippen LogP contribution in [0.15, 0.2) is 55.0 Å². The number of nitrogens with zero attached hydrogens (tertiary/aromatic N) is 3. The average Bonchev–Trinajstić information content (AvgIpc) is 3.33. The first-order valence-corrected chi connectivity index (χ1v) is 9.30. The number of rotatable bonds is 1. The number of aromatic amines is 2. The molecule has 0 aliphatic carbocycles. The minimum absolute atomic E-state index is 0.854. The van der Waals surface area contributed by atoms with Crippen LogP contribution in [0.3, 0.4) is 0 Å². The fourth-order valence-electron chi connectivity index (χ4n) is 4.26. The van der Waals surface area contributed by atoms with Gasteiger partial charge in [-0.05, 0) is 24.3 Å². The minimum atomic E-state index is 0.854. The van der Waals surface area contributed by atoms with Crippen molar-refractivity contribution in [3.8, 4) is 11.4 Å². The lowest BCUT2D eigenvalue weighted by atomic mass is 9.85. The molecule has 4 aromatic heterocycles. The van der Waals surface area contributed by atoms with Crippen molar-refractivity contribution in [2.24, 2.45) is 0 Å². The van der Waals surface area contributed by atoms with Crippen LogP contribution >= 0.6 is 0 Å². The van der Waals surface area contributed by atoms with E-state index in [0.29, 0.717) is 0 Å². The fraction of sp³-hybridized carbons (Fsp3) is 0. The van der Waals surface area contributed by atoms with Gasteiger partial charge >= 0.3 is 0 Å². The van der Waals surface area contributed by atoms with Crippen LogP contribution in [-0.2, 0) is 0 Å². The number of pyridine rings is 2. The fourth-order valence-corrected chi connectivity index (χ4v) is 4.26.